The van der Waals surface area contributed by atoms with E-state index in [1.807, 2.05) is 0 Å². The van der Waals surface area contributed by atoms with Crippen LogP contribution in [0.1, 0.15) is 16.9 Å². The molecule has 0 unspecified atom stereocenters. The van der Waals surface area contributed by atoms with Crippen LogP contribution in [0.25, 0.3) is 0 Å². The highest BCUT2D eigenvalue weighted by molar-refractivity contribution is 9.09. The lowest BCUT2D eigenvalue weighted by molar-refractivity contribution is -0.391. The molecule has 0 saturated heterocycles. The van der Waals surface area contributed by atoms with Gasteiger partial charge in [0.05, 0.1) is 13.7 Å². The van der Waals surface area contributed by atoms with Gasteiger partial charge in [0.1, 0.15) is 0 Å². The van der Waals surface area contributed by atoms with Crippen LogP contribution in [0.2, 0.25) is 0 Å². The number of amides is 1. The van der Waals surface area contributed by atoms with Crippen molar-refractivity contribution in [2.24, 2.45) is 7.05 Å². The van der Waals surface area contributed by atoms with E-state index in [0.29, 0.717) is 26.2 Å². The smallest absolute Gasteiger partial charge is 0.323 e. The summed E-state index contributed by atoms with van der Waals surface area (Å²) >= 11 is 3.24. The second kappa shape index (κ2) is 7.90. The number of ether oxygens (including phenoxy) is 1. The molecular formula is C11H16BrN3O4. The first-order valence-corrected chi connectivity index (χ1v) is 6.92. The van der Waals surface area contributed by atoms with Gasteiger partial charge in [0.2, 0.25) is 0 Å². The normalized spacial score (nSPS) is 10.4. The Balaban J connectivity index is 2.40. The van der Waals surface area contributed by atoms with Gasteiger partial charge in [-0.2, -0.15) is 0 Å². The summed E-state index contributed by atoms with van der Waals surface area (Å²) < 4.78 is 6.50. The van der Waals surface area contributed by atoms with Crippen LogP contribution in [0.15, 0.2) is 12.1 Å². The van der Waals surface area contributed by atoms with E-state index < -0.39 is 4.92 Å². The molecule has 0 saturated carbocycles. The van der Waals surface area contributed by atoms with Crippen LogP contribution in [-0.2, 0) is 11.8 Å². The molecule has 1 rings (SSSR count). The quantitative estimate of drug-likeness (QED) is 0.338. The molecule has 0 aliphatic carbocycles. The number of nitrogens with one attached hydrogen (secondary N) is 1. The number of nitro groups is 1. The first kappa shape index (κ1) is 15.6. The summed E-state index contributed by atoms with van der Waals surface area (Å²) in [4.78, 5) is 21.9. The first-order chi connectivity index (χ1) is 9.07. The van der Waals surface area contributed by atoms with Crippen LogP contribution < -0.4 is 5.32 Å². The molecule has 0 bridgehead atoms. The standard InChI is InChI=1S/C11H16BrN3O4/c1-14-9(3-4-10(14)15(17)18)11(16)13-6-2-7-19-8-5-12/h3-4H,2,5-8H2,1H3,(H,13,16). The fourth-order valence-electron chi connectivity index (χ4n) is 1.54. The summed E-state index contributed by atoms with van der Waals surface area (Å²) in [5, 5.41) is 14.1. The van der Waals surface area contributed by atoms with Crippen molar-refractivity contribution < 1.29 is 14.5 Å². The second-order valence-corrected chi connectivity index (χ2v) is 4.60. The van der Waals surface area contributed by atoms with Gasteiger partial charge in [-0.25, -0.2) is 4.57 Å². The first-order valence-electron chi connectivity index (χ1n) is 5.80. The van der Waals surface area contributed by atoms with Crippen LogP contribution in [0.3, 0.4) is 0 Å². The Morgan fingerprint density at radius 3 is 2.84 bits per heavy atom. The molecule has 0 aliphatic heterocycles. The lowest BCUT2D eigenvalue weighted by Crippen LogP contribution is -2.27. The topological polar surface area (TPSA) is 86.4 Å². The largest absolute Gasteiger partial charge is 0.381 e. The van der Waals surface area contributed by atoms with Crippen molar-refractivity contribution in [1.29, 1.82) is 0 Å². The van der Waals surface area contributed by atoms with Gasteiger partial charge in [0.25, 0.3) is 5.91 Å². The summed E-state index contributed by atoms with van der Waals surface area (Å²) in [7, 11) is 1.49. The molecule has 1 aromatic rings. The Bertz CT molecular complexity index is 447. The van der Waals surface area contributed by atoms with Crippen molar-refractivity contribution in [3.63, 3.8) is 0 Å². The maximum atomic E-state index is 11.8. The van der Waals surface area contributed by atoms with Crippen molar-refractivity contribution in [2.45, 2.75) is 6.42 Å². The molecule has 0 fully saturated rings. The molecule has 0 radical (unpaired) electrons. The minimum absolute atomic E-state index is 0.106. The van der Waals surface area contributed by atoms with Gasteiger partial charge in [0, 0.05) is 24.5 Å². The summed E-state index contributed by atoms with van der Waals surface area (Å²) in [6, 6.07) is 2.75. The number of carbonyl (C=O) groups excluding carboxylic acids is 1. The predicted octanol–water partition coefficient (Wildman–Crippen LogP) is 1.46. The number of rotatable bonds is 8. The van der Waals surface area contributed by atoms with Gasteiger partial charge in [-0.1, -0.05) is 15.9 Å². The highest BCUT2D eigenvalue weighted by atomic mass is 79.9. The van der Waals surface area contributed by atoms with Gasteiger partial charge in [-0.3, -0.25) is 4.79 Å². The SMILES string of the molecule is Cn1c(C(=O)NCCCOCCBr)ccc1[N+](=O)[O-]. The zero-order valence-corrected chi connectivity index (χ0v) is 12.2. The highest BCUT2D eigenvalue weighted by Gasteiger charge is 2.19. The minimum Gasteiger partial charge on any atom is -0.381 e. The number of nitrogens with zero attached hydrogens (tertiary/aromatic N) is 2. The zero-order valence-electron chi connectivity index (χ0n) is 10.6. The average Bonchev–Trinajstić information content (AvgIpc) is 2.75. The lowest BCUT2D eigenvalue weighted by atomic mass is 10.3. The Hall–Kier alpha value is -1.41. The Morgan fingerprint density at radius 1 is 1.53 bits per heavy atom. The Labute approximate surface area is 119 Å². The number of halogens is 1. The molecule has 7 nitrogen and oxygen atoms in total. The summed E-state index contributed by atoms with van der Waals surface area (Å²) in [6.45, 7) is 1.68. The van der Waals surface area contributed by atoms with E-state index in [0.717, 1.165) is 5.33 Å². The third kappa shape index (κ3) is 4.64. The van der Waals surface area contributed by atoms with E-state index in [-0.39, 0.29) is 17.4 Å². The number of hydrogen-bond acceptors (Lipinski definition) is 4. The van der Waals surface area contributed by atoms with E-state index in [1.165, 1.54) is 23.7 Å². The molecule has 1 aromatic heterocycles. The molecule has 19 heavy (non-hydrogen) atoms. The minimum atomic E-state index is -0.523. The van der Waals surface area contributed by atoms with Crippen LogP contribution in [-0.4, -0.2) is 40.5 Å². The molecule has 0 atom stereocenters. The molecule has 0 aromatic carbocycles. The van der Waals surface area contributed by atoms with E-state index in [1.54, 1.807) is 0 Å². The summed E-state index contributed by atoms with van der Waals surface area (Å²) in [5.74, 6) is -0.429. The van der Waals surface area contributed by atoms with E-state index in [4.69, 9.17) is 4.74 Å². The number of hydrogen-bond donors (Lipinski definition) is 1. The molecule has 1 heterocycles. The van der Waals surface area contributed by atoms with Crippen LogP contribution >= 0.6 is 15.9 Å². The predicted molar refractivity (Wildman–Crippen MR) is 73.6 cm³/mol. The van der Waals surface area contributed by atoms with Gasteiger partial charge in [-0.15, -0.1) is 0 Å². The van der Waals surface area contributed by atoms with Crippen molar-refractivity contribution in [1.82, 2.24) is 9.88 Å². The fraction of sp³-hybridized carbons (Fsp3) is 0.545. The third-order valence-corrected chi connectivity index (χ3v) is 2.81. The highest BCUT2D eigenvalue weighted by Crippen LogP contribution is 2.14. The van der Waals surface area contributed by atoms with Gasteiger partial charge >= 0.3 is 5.82 Å². The monoisotopic (exact) mass is 333 g/mol. The Kier molecular flexibility index (Phi) is 6.51. The molecule has 106 valence electrons. The van der Waals surface area contributed by atoms with Crippen molar-refractivity contribution in [3.05, 3.63) is 27.9 Å². The average molecular weight is 334 g/mol. The fourth-order valence-corrected chi connectivity index (χ4v) is 1.76. The summed E-state index contributed by atoms with van der Waals surface area (Å²) in [5.41, 5.74) is 0.271. The van der Waals surface area contributed by atoms with Crippen LogP contribution in [0.4, 0.5) is 5.82 Å². The van der Waals surface area contributed by atoms with Gasteiger partial charge in [0.15, 0.2) is 5.69 Å². The molecule has 0 aliphatic rings. The molecule has 8 heteroatoms. The van der Waals surface area contributed by atoms with E-state index in [9.17, 15) is 14.9 Å². The Morgan fingerprint density at radius 2 is 2.26 bits per heavy atom. The van der Waals surface area contributed by atoms with Crippen LogP contribution in [0.5, 0.6) is 0 Å². The number of aromatic nitrogens is 1. The zero-order chi connectivity index (χ0) is 14.3. The second-order valence-electron chi connectivity index (χ2n) is 3.80. The van der Waals surface area contributed by atoms with Crippen molar-refractivity contribution in [2.75, 3.05) is 25.1 Å². The van der Waals surface area contributed by atoms with Crippen molar-refractivity contribution in [3.8, 4) is 0 Å². The maximum Gasteiger partial charge on any atom is 0.323 e. The van der Waals surface area contributed by atoms with Gasteiger partial charge < -0.3 is 20.2 Å². The molecule has 1 N–H and O–H groups in total. The number of alkyl halides is 1. The molecule has 0 spiro atoms. The van der Waals surface area contributed by atoms with E-state index >= 15 is 0 Å². The molecule has 1 amide bonds. The van der Waals surface area contributed by atoms with Crippen molar-refractivity contribution >= 4 is 27.7 Å². The van der Waals surface area contributed by atoms with E-state index in [2.05, 4.69) is 21.2 Å². The lowest BCUT2D eigenvalue weighted by Gasteiger charge is -2.04. The van der Waals surface area contributed by atoms with Gasteiger partial charge in [-0.05, 0) is 17.4 Å². The molecular weight excluding hydrogens is 318 g/mol. The third-order valence-electron chi connectivity index (χ3n) is 2.49. The van der Waals surface area contributed by atoms with Crippen LogP contribution in [0, 0.1) is 10.1 Å². The maximum absolute atomic E-state index is 11.8. The summed E-state index contributed by atoms with van der Waals surface area (Å²) in [6.07, 6.45) is 0.700. The number of carbonyl (C=O) groups is 1.